The number of hydrogen-bond donors (Lipinski definition) is 0. The Balaban J connectivity index is 2.13. The van der Waals surface area contributed by atoms with Crippen molar-refractivity contribution in [3.05, 3.63) is 59.4 Å². The van der Waals surface area contributed by atoms with Crippen LogP contribution in [0.5, 0.6) is 0 Å². The van der Waals surface area contributed by atoms with Crippen molar-refractivity contribution in [1.82, 2.24) is 4.57 Å². The summed E-state index contributed by atoms with van der Waals surface area (Å²) < 4.78 is 2.18. The van der Waals surface area contributed by atoms with E-state index >= 15 is 0 Å². The third-order valence-electron chi connectivity index (χ3n) is 3.24. The minimum Gasteiger partial charge on any atom is -0.348 e. The van der Waals surface area contributed by atoms with Gasteiger partial charge in [-0.3, -0.25) is 4.79 Å². The number of alkyl halides is 1. The third kappa shape index (κ3) is 3.48. The molecule has 0 spiro atoms. The number of rotatable bonds is 6. The second-order valence-corrected chi connectivity index (χ2v) is 5.00. The summed E-state index contributed by atoms with van der Waals surface area (Å²) in [6.07, 6.45) is 1.36. The van der Waals surface area contributed by atoms with Crippen LogP contribution in [0.2, 0.25) is 0 Å². The molecule has 0 aliphatic rings. The van der Waals surface area contributed by atoms with E-state index in [-0.39, 0.29) is 5.78 Å². The van der Waals surface area contributed by atoms with E-state index < -0.39 is 0 Å². The van der Waals surface area contributed by atoms with E-state index in [1.54, 1.807) is 0 Å². The lowest BCUT2D eigenvalue weighted by molar-refractivity contribution is 0.0991. The van der Waals surface area contributed by atoms with Gasteiger partial charge >= 0.3 is 0 Å². The van der Waals surface area contributed by atoms with Gasteiger partial charge in [-0.1, -0.05) is 30.3 Å². The molecule has 2 aromatic rings. The molecule has 19 heavy (non-hydrogen) atoms. The maximum absolute atomic E-state index is 12.2. The van der Waals surface area contributed by atoms with Crippen LogP contribution in [0.3, 0.4) is 0 Å². The quantitative estimate of drug-likeness (QED) is 0.580. The van der Waals surface area contributed by atoms with E-state index in [2.05, 4.69) is 17.6 Å². The molecule has 0 aliphatic carbocycles. The van der Waals surface area contributed by atoms with Gasteiger partial charge in [0.05, 0.1) is 6.42 Å². The number of benzene rings is 1. The van der Waals surface area contributed by atoms with Gasteiger partial charge in [-0.2, -0.15) is 0 Å². The highest BCUT2D eigenvalue weighted by Gasteiger charge is 2.11. The van der Waals surface area contributed by atoms with Gasteiger partial charge in [0, 0.05) is 29.4 Å². The van der Waals surface area contributed by atoms with E-state index in [0.29, 0.717) is 12.3 Å². The van der Waals surface area contributed by atoms with Gasteiger partial charge in [0.15, 0.2) is 5.78 Å². The minimum absolute atomic E-state index is 0.158. The largest absolute Gasteiger partial charge is 0.348 e. The van der Waals surface area contributed by atoms with Crippen LogP contribution in [-0.2, 0) is 13.0 Å². The summed E-state index contributed by atoms with van der Waals surface area (Å²) in [6.45, 7) is 2.93. The van der Waals surface area contributed by atoms with Crippen molar-refractivity contribution in [1.29, 1.82) is 0 Å². The molecule has 0 radical (unpaired) electrons. The normalized spacial score (nSPS) is 10.6. The number of aromatic nitrogens is 1. The molecule has 2 nitrogen and oxygen atoms in total. The Hall–Kier alpha value is -1.54. The number of hydrogen-bond acceptors (Lipinski definition) is 1. The monoisotopic (exact) mass is 275 g/mol. The molecule has 0 saturated carbocycles. The van der Waals surface area contributed by atoms with E-state index in [1.807, 2.05) is 36.4 Å². The van der Waals surface area contributed by atoms with Crippen LogP contribution in [0.1, 0.15) is 28.2 Å². The maximum Gasteiger partial charge on any atom is 0.168 e. The number of aryl methyl sites for hydroxylation is 1. The molecule has 1 aromatic heterocycles. The number of nitrogens with zero attached hydrogens (tertiary/aromatic N) is 1. The van der Waals surface area contributed by atoms with Crippen LogP contribution in [0, 0.1) is 6.92 Å². The van der Waals surface area contributed by atoms with Gasteiger partial charge < -0.3 is 4.57 Å². The zero-order valence-corrected chi connectivity index (χ0v) is 11.9. The van der Waals surface area contributed by atoms with Crippen LogP contribution < -0.4 is 0 Å². The topological polar surface area (TPSA) is 22.0 Å². The molecule has 100 valence electrons. The van der Waals surface area contributed by atoms with Gasteiger partial charge in [-0.25, -0.2) is 0 Å². The van der Waals surface area contributed by atoms with Gasteiger partial charge in [0.2, 0.25) is 0 Å². The van der Waals surface area contributed by atoms with Crippen LogP contribution >= 0.6 is 11.6 Å². The standard InChI is InChI=1S/C16H18ClNO/c1-13-8-9-15(18(13)11-5-10-17)12-16(19)14-6-3-2-4-7-14/h2-4,6-9H,5,10-12H2,1H3. The molecule has 0 bridgehead atoms. The second-order valence-electron chi connectivity index (χ2n) is 4.63. The molecule has 0 atom stereocenters. The molecular weight excluding hydrogens is 258 g/mol. The predicted octanol–water partition coefficient (Wildman–Crippen LogP) is 3.85. The molecule has 1 aromatic carbocycles. The summed E-state index contributed by atoms with van der Waals surface area (Å²) in [7, 11) is 0. The Morgan fingerprint density at radius 3 is 2.58 bits per heavy atom. The molecule has 1 heterocycles. The van der Waals surface area contributed by atoms with Crippen LogP contribution in [0.15, 0.2) is 42.5 Å². The number of ketones is 1. The Morgan fingerprint density at radius 2 is 1.89 bits per heavy atom. The summed E-state index contributed by atoms with van der Waals surface area (Å²) in [5.41, 5.74) is 3.02. The molecule has 3 heteroatoms. The average molecular weight is 276 g/mol. The molecular formula is C16H18ClNO. The van der Waals surface area contributed by atoms with Crippen LogP contribution in [-0.4, -0.2) is 16.2 Å². The van der Waals surface area contributed by atoms with Crippen molar-refractivity contribution in [2.75, 3.05) is 5.88 Å². The zero-order chi connectivity index (χ0) is 13.7. The van der Waals surface area contributed by atoms with Gasteiger partial charge in [-0.15, -0.1) is 11.6 Å². The van der Waals surface area contributed by atoms with Gasteiger partial charge in [-0.05, 0) is 25.5 Å². The molecule has 0 saturated heterocycles. The highest BCUT2D eigenvalue weighted by Crippen LogP contribution is 2.13. The van der Waals surface area contributed by atoms with Crippen molar-refractivity contribution >= 4 is 17.4 Å². The third-order valence-corrected chi connectivity index (χ3v) is 3.51. The second kappa shape index (κ2) is 6.58. The predicted molar refractivity (Wildman–Crippen MR) is 79.0 cm³/mol. The van der Waals surface area contributed by atoms with Crippen LogP contribution in [0.25, 0.3) is 0 Å². The van der Waals surface area contributed by atoms with E-state index in [0.717, 1.165) is 24.2 Å². The first-order valence-corrected chi connectivity index (χ1v) is 7.05. The SMILES string of the molecule is Cc1ccc(CC(=O)c2ccccc2)n1CCCCl. The number of Topliss-reactive ketones (excluding diaryl/α,β-unsaturated/α-hetero) is 1. The fourth-order valence-corrected chi connectivity index (χ4v) is 2.33. The molecule has 0 amide bonds. The molecule has 2 rings (SSSR count). The van der Waals surface area contributed by atoms with Gasteiger partial charge in [0.25, 0.3) is 0 Å². The lowest BCUT2D eigenvalue weighted by Crippen LogP contribution is -2.11. The fraction of sp³-hybridized carbons (Fsp3) is 0.312. The fourth-order valence-electron chi connectivity index (χ4n) is 2.21. The van der Waals surface area contributed by atoms with E-state index in [9.17, 15) is 4.79 Å². The minimum atomic E-state index is 0.158. The van der Waals surface area contributed by atoms with E-state index in [4.69, 9.17) is 11.6 Å². The highest BCUT2D eigenvalue weighted by atomic mass is 35.5. The van der Waals surface area contributed by atoms with Crippen molar-refractivity contribution in [3.8, 4) is 0 Å². The Kier molecular flexibility index (Phi) is 4.80. The summed E-state index contributed by atoms with van der Waals surface area (Å²) in [6, 6.07) is 13.5. The first kappa shape index (κ1) is 13.9. The van der Waals surface area contributed by atoms with E-state index in [1.165, 1.54) is 5.69 Å². The van der Waals surface area contributed by atoms with Crippen LogP contribution in [0.4, 0.5) is 0 Å². The van der Waals surface area contributed by atoms with Crippen molar-refractivity contribution in [2.24, 2.45) is 0 Å². The summed E-state index contributed by atoms with van der Waals surface area (Å²) >= 11 is 5.74. The smallest absolute Gasteiger partial charge is 0.168 e. The van der Waals surface area contributed by atoms with Gasteiger partial charge in [0.1, 0.15) is 0 Å². The average Bonchev–Trinajstić information content (AvgIpc) is 2.78. The number of carbonyl (C=O) groups is 1. The van der Waals surface area contributed by atoms with Crippen molar-refractivity contribution in [2.45, 2.75) is 26.3 Å². The molecule has 0 fully saturated rings. The molecule has 0 N–H and O–H groups in total. The Bertz CT molecular complexity index is 545. The Labute approximate surface area is 119 Å². The maximum atomic E-state index is 12.2. The lowest BCUT2D eigenvalue weighted by Gasteiger charge is -2.10. The Morgan fingerprint density at radius 1 is 1.16 bits per heavy atom. The first-order valence-electron chi connectivity index (χ1n) is 6.51. The number of halogens is 1. The lowest BCUT2D eigenvalue weighted by atomic mass is 10.1. The van der Waals surface area contributed by atoms with Crippen molar-refractivity contribution in [3.63, 3.8) is 0 Å². The first-order chi connectivity index (χ1) is 9.22. The summed E-state index contributed by atoms with van der Waals surface area (Å²) in [5.74, 6) is 0.801. The molecule has 0 unspecified atom stereocenters. The zero-order valence-electron chi connectivity index (χ0n) is 11.1. The summed E-state index contributed by atoms with van der Waals surface area (Å²) in [4.78, 5) is 12.2. The van der Waals surface area contributed by atoms with Crippen molar-refractivity contribution < 1.29 is 4.79 Å². The summed E-state index contributed by atoms with van der Waals surface area (Å²) in [5, 5.41) is 0. The highest BCUT2D eigenvalue weighted by molar-refractivity contribution is 6.17. The molecule has 0 aliphatic heterocycles. The number of carbonyl (C=O) groups excluding carboxylic acids is 1.